The number of ether oxygens (including phenoxy) is 1. The van der Waals surface area contributed by atoms with E-state index >= 15 is 0 Å². The van der Waals surface area contributed by atoms with Gasteiger partial charge in [0.05, 0.1) is 25.5 Å². The first-order chi connectivity index (χ1) is 14.4. The van der Waals surface area contributed by atoms with Gasteiger partial charge in [0.2, 0.25) is 0 Å². The van der Waals surface area contributed by atoms with Gasteiger partial charge in [0.25, 0.3) is 5.91 Å². The summed E-state index contributed by atoms with van der Waals surface area (Å²) in [5, 5.41) is 12.5. The van der Waals surface area contributed by atoms with E-state index in [9.17, 15) is 9.90 Å². The molecule has 1 unspecified atom stereocenters. The highest BCUT2D eigenvalue weighted by atomic mass is 16.5. The SMILES string of the molecule is CCc1c(C(=O)NC(CO)CC(C)C)nc2ccc(Cc3ccc(OC)cc3)cn12. The fourth-order valence-corrected chi connectivity index (χ4v) is 3.74. The van der Waals surface area contributed by atoms with Crippen LogP contribution in [0, 0.1) is 5.92 Å². The Kier molecular flexibility index (Phi) is 7.11. The van der Waals surface area contributed by atoms with Gasteiger partial charge in [-0.1, -0.05) is 39.0 Å². The Balaban J connectivity index is 1.85. The number of benzene rings is 1. The normalized spacial score (nSPS) is 12.3. The molecule has 6 nitrogen and oxygen atoms in total. The van der Waals surface area contributed by atoms with Crippen molar-refractivity contribution < 1.29 is 14.6 Å². The highest BCUT2D eigenvalue weighted by Gasteiger charge is 2.21. The van der Waals surface area contributed by atoms with E-state index in [0.29, 0.717) is 18.0 Å². The predicted octanol–water partition coefficient (Wildman–Crippen LogP) is 3.63. The summed E-state index contributed by atoms with van der Waals surface area (Å²) in [5.41, 5.74) is 4.38. The van der Waals surface area contributed by atoms with E-state index in [1.165, 1.54) is 5.56 Å². The second-order valence-corrected chi connectivity index (χ2v) is 8.03. The summed E-state index contributed by atoms with van der Waals surface area (Å²) < 4.78 is 7.23. The van der Waals surface area contributed by atoms with E-state index in [-0.39, 0.29) is 18.6 Å². The summed E-state index contributed by atoms with van der Waals surface area (Å²) in [6.45, 7) is 6.09. The number of nitrogens with zero attached hydrogens (tertiary/aromatic N) is 2. The molecule has 0 spiro atoms. The zero-order valence-corrected chi connectivity index (χ0v) is 18.2. The summed E-state index contributed by atoms with van der Waals surface area (Å²) >= 11 is 0. The second kappa shape index (κ2) is 9.76. The molecule has 0 saturated carbocycles. The lowest BCUT2D eigenvalue weighted by molar-refractivity contribution is 0.0903. The van der Waals surface area contributed by atoms with Crippen LogP contribution in [0.3, 0.4) is 0 Å². The van der Waals surface area contributed by atoms with Crippen LogP contribution in [0.2, 0.25) is 0 Å². The van der Waals surface area contributed by atoms with Gasteiger partial charge in [0.15, 0.2) is 0 Å². The molecule has 2 heterocycles. The smallest absolute Gasteiger partial charge is 0.272 e. The third-order valence-corrected chi connectivity index (χ3v) is 5.21. The minimum absolute atomic E-state index is 0.0786. The third kappa shape index (κ3) is 5.00. The fourth-order valence-electron chi connectivity index (χ4n) is 3.74. The van der Waals surface area contributed by atoms with Crippen LogP contribution in [0.15, 0.2) is 42.6 Å². The molecule has 2 aromatic heterocycles. The van der Waals surface area contributed by atoms with Gasteiger partial charge >= 0.3 is 0 Å². The van der Waals surface area contributed by atoms with Gasteiger partial charge in [0.1, 0.15) is 17.1 Å². The summed E-state index contributed by atoms with van der Waals surface area (Å²) in [4.78, 5) is 17.4. The molecular weight excluding hydrogens is 378 g/mol. The molecule has 2 N–H and O–H groups in total. The number of rotatable bonds is 9. The number of aliphatic hydroxyl groups is 1. The highest BCUT2D eigenvalue weighted by molar-refractivity contribution is 5.94. The van der Waals surface area contributed by atoms with Crippen LogP contribution in [-0.2, 0) is 12.8 Å². The summed E-state index contributed by atoms with van der Waals surface area (Å²) in [6, 6.07) is 11.8. The molecule has 160 valence electrons. The van der Waals surface area contributed by atoms with Crippen molar-refractivity contribution in [2.75, 3.05) is 13.7 Å². The topological polar surface area (TPSA) is 75.9 Å². The molecule has 0 aliphatic carbocycles. The van der Waals surface area contributed by atoms with Crippen molar-refractivity contribution in [2.24, 2.45) is 5.92 Å². The standard InChI is InChI=1S/C24H31N3O3/c1-5-21-23(24(29)25-19(15-28)12-16(2)3)26-22-11-8-18(14-27(21)22)13-17-6-9-20(30-4)10-7-17/h6-11,14,16,19,28H,5,12-13,15H2,1-4H3,(H,25,29). The number of hydrogen-bond acceptors (Lipinski definition) is 4. The Morgan fingerprint density at radius 3 is 2.47 bits per heavy atom. The second-order valence-electron chi connectivity index (χ2n) is 8.03. The van der Waals surface area contributed by atoms with Crippen LogP contribution in [0.25, 0.3) is 5.65 Å². The maximum Gasteiger partial charge on any atom is 0.272 e. The van der Waals surface area contributed by atoms with Crippen LogP contribution in [0.4, 0.5) is 0 Å². The molecule has 0 aliphatic rings. The van der Waals surface area contributed by atoms with Gasteiger partial charge in [-0.05, 0) is 54.5 Å². The van der Waals surface area contributed by atoms with E-state index in [2.05, 4.69) is 42.5 Å². The maximum atomic E-state index is 12.9. The van der Waals surface area contributed by atoms with Gasteiger partial charge in [-0.25, -0.2) is 4.98 Å². The van der Waals surface area contributed by atoms with Crippen LogP contribution in [0.5, 0.6) is 5.75 Å². The zero-order valence-electron chi connectivity index (χ0n) is 18.2. The van der Waals surface area contributed by atoms with Gasteiger partial charge in [0, 0.05) is 6.20 Å². The summed E-state index contributed by atoms with van der Waals surface area (Å²) in [7, 11) is 1.66. The van der Waals surface area contributed by atoms with E-state index in [1.54, 1.807) is 7.11 Å². The van der Waals surface area contributed by atoms with Crippen LogP contribution < -0.4 is 10.1 Å². The molecule has 0 fully saturated rings. The van der Waals surface area contributed by atoms with Crippen molar-refractivity contribution in [3.63, 3.8) is 0 Å². The van der Waals surface area contributed by atoms with Crippen molar-refractivity contribution in [1.82, 2.24) is 14.7 Å². The first-order valence-corrected chi connectivity index (χ1v) is 10.5. The average Bonchev–Trinajstić information content (AvgIpc) is 3.11. The molecule has 1 aromatic carbocycles. The Morgan fingerprint density at radius 1 is 1.17 bits per heavy atom. The van der Waals surface area contributed by atoms with Crippen molar-refractivity contribution in [1.29, 1.82) is 0 Å². The lowest BCUT2D eigenvalue weighted by Crippen LogP contribution is -2.39. The number of pyridine rings is 1. The van der Waals surface area contributed by atoms with Gasteiger partial charge in [-0.15, -0.1) is 0 Å². The van der Waals surface area contributed by atoms with Crippen LogP contribution in [0.1, 0.15) is 54.5 Å². The zero-order chi connectivity index (χ0) is 21.7. The number of amides is 1. The summed E-state index contributed by atoms with van der Waals surface area (Å²) in [6.07, 6.45) is 4.25. The van der Waals surface area contributed by atoms with E-state index < -0.39 is 0 Å². The quantitative estimate of drug-likeness (QED) is 0.566. The molecule has 3 rings (SSSR count). The number of nitrogens with one attached hydrogen (secondary N) is 1. The number of carbonyl (C=O) groups is 1. The van der Waals surface area contributed by atoms with Crippen molar-refractivity contribution in [2.45, 2.75) is 46.1 Å². The van der Waals surface area contributed by atoms with Crippen molar-refractivity contribution in [3.8, 4) is 5.75 Å². The number of fused-ring (bicyclic) bond motifs is 1. The number of aryl methyl sites for hydroxylation is 1. The molecular formula is C24H31N3O3. The van der Waals surface area contributed by atoms with Crippen molar-refractivity contribution in [3.05, 3.63) is 65.1 Å². The molecule has 0 bridgehead atoms. The van der Waals surface area contributed by atoms with E-state index in [4.69, 9.17) is 4.74 Å². The van der Waals surface area contributed by atoms with Gasteiger partial charge in [-0.2, -0.15) is 0 Å². The molecule has 1 amide bonds. The Hall–Kier alpha value is -2.86. The largest absolute Gasteiger partial charge is 0.497 e. The third-order valence-electron chi connectivity index (χ3n) is 5.21. The lowest BCUT2D eigenvalue weighted by atomic mass is 10.0. The van der Waals surface area contributed by atoms with Gasteiger partial charge in [-0.3, -0.25) is 4.79 Å². The first kappa shape index (κ1) is 21.8. The summed E-state index contributed by atoms with van der Waals surface area (Å²) in [5.74, 6) is 0.994. The number of imidazole rings is 1. The number of methoxy groups -OCH3 is 1. The minimum atomic E-state index is -0.266. The molecule has 1 atom stereocenters. The lowest BCUT2D eigenvalue weighted by Gasteiger charge is -2.17. The molecule has 6 heteroatoms. The molecule has 0 aliphatic heterocycles. The van der Waals surface area contributed by atoms with Gasteiger partial charge < -0.3 is 19.6 Å². The molecule has 3 aromatic rings. The molecule has 30 heavy (non-hydrogen) atoms. The Labute approximate surface area is 177 Å². The number of aromatic nitrogens is 2. The minimum Gasteiger partial charge on any atom is -0.497 e. The molecule has 0 radical (unpaired) electrons. The van der Waals surface area contributed by atoms with E-state index in [1.807, 2.05) is 35.6 Å². The first-order valence-electron chi connectivity index (χ1n) is 10.5. The average molecular weight is 410 g/mol. The monoisotopic (exact) mass is 409 g/mol. The van der Waals surface area contributed by atoms with Crippen LogP contribution in [-0.4, -0.2) is 40.2 Å². The number of aliphatic hydroxyl groups excluding tert-OH is 1. The number of hydrogen-bond donors (Lipinski definition) is 2. The fraction of sp³-hybridized carbons (Fsp3) is 0.417. The van der Waals surface area contributed by atoms with E-state index in [0.717, 1.165) is 35.5 Å². The Morgan fingerprint density at radius 2 is 1.87 bits per heavy atom. The highest BCUT2D eigenvalue weighted by Crippen LogP contribution is 2.19. The predicted molar refractivity (Wildman–Crippen MR) is 118 cm³/mol. The maximum absolute atomic E-state index is 12.9. The number of carbonyl (C=O) groups excluding carboxylic acids is 1. The Bertz CT molecular complexity index is 993. The van der Waals surface area contributed by atoms with Crippen molar-refractivity contribution >= 4 is 11.6 Å². The molecule has 0 saturated heterocycles. The van der Waals surface area contributed by atoms with Crippen LogP contribution >= 0.6 is 0 Å².